The second kappa shape index (κ2) is 27.4. The number of ether oxygens (including phenoxy) is 9. The molecular weight excluding hydrogens is 993 g/mol. The van der Waals surface area contributed by atoms with Gasteiger partial charge >= 0.3 is 17.9 Å². The van der Waals surface area contributed by atoms with E-state index in [4.69, 9.17) is 47.1 Å². The highest BCUT2D eigenvalue weighted by molar-refractivity contribution is 6.99. The van der Waals surface area contributed by atoms with Gasteiger partial charge in [-0.15, -0.1) is 0 Å². The van der Waals surface area contributed by atoms with Crippen molar-refractivity contribution in [1.82, 2.24) is 0 Å². The highest BCUT2D eigenvalue weighted by Crippen LogP contribution is 2.43. The van der Waals surface area contributed by atoms with Gasteiger partial charge < -0.3 is 47.1 Å². The number of esters is 3. The van der Waals surface area contributed by atoms with Crippen LogP contribution in [0.15, 0.2) is 152 Å². The fourth-order valence-corrected chi connectivity index (χ4v) is 15.3. The Labute approximate surface area is 456 Å². The average Bonchev–Trinajstić information content (AvgIpc) is 4.05. The molecule has 0 N–H and O–H groups in total. The lowest BCUT2D eigenvalue weighted by molar-refractivity contribution is -0.323. The van der Waals surface area contributed by atoms with Gasteiger partial charge in [0.1, 0.15) is 37.1 Å². The lowest BCUT2D eigenvalue weighted by Crippen LogP contribution is -2.68. The molecule has 8 rings (SSSR count). The molecule has 3 aliphatic heterocycles. The van der Waals surface area contributed by atoms with Crippen LogP contribution >= 0.6 is 0 Å². The minimum Gasteiger partial charge on any atom is -0.459 e. The van der Waals surface area contributed by atoms with Crippen molar-refractivity contribution < 1.29 is 61.4 Å². The summed E-state index contributed by atoms with van der Waals surface area (Å²) < 4.78 is 67.2. The number of hydrogen-bond donors (Lipinski definition) is 0. The molecule has 5 aromatic rings. The Morgan fingerprint density at radius 3 is 1.45 bits per heavy atom. The Kier molecular flexibility index (Phi) is 20.5. The maximum Gasteiger partial charge on any atom is 0.338 e. The zero-order valence-electron chi connectivity index (χ0n) is 45.6. The fourth-order valence-electron chi connectivity index (χ4n) is 10.7. The van der Waals surface area contributed by atoms with Crippen molar-refractivity contribution in [2.45, 2.75) is 172 Å². The Morgan fingerprint density at radius 2 is 0.948 bits per heavy atom. The number of fused-ring (bicyclic) bond motifs is 1. The second-order valence-corrected chi connectivity index (χ2v) is 26.0. The number of rotatable bonds is 26. The molecule has 0 aliphatic carbocycles. The van der Waals surface area contributed by atoms with Gasteiger partial charge in [-0.3, -0.25) is 0 Å². The number of benzene rings is 5. The molecule has 9 atom stereocenters. The predicted molar refractivity (Wildman–Crippen MR) is 295 cm³/mol. The molecular formula is C63H78O13Si. The molecule has 14 heteroatoms. The standard InChI is InChI=1S/C63H78O13Si/c1-7-8-9-10-11-12-13-14-15-31-42-67-60-56(54-53(75-63(5,6)76-54)51(70-60)44-69-77(62(2,3)4,48-38-27-19-28-39-48)49-40-29-20-30-41-49)74-61-55(73-59(66)47-36-25-18-26-37-47)52(72-58(65)46-34-23-17-24-35-46)50(71-61)43-68-57(64)45-32-21-16-22-33-45/h16-30,32-41,50-56,60-61H,7-15,31,42-44H2,1-6H3/t50-,51+,52-,53-,54-,55+,56+,60+,61-/m0/s1. The normalized spacial score (nSPS) is 23.9. The van der Waals surface area contributed by atoms with Gasteiger partial charge in [-0.1, -0.05) is 201 Å². The molecule has 3 heterocycles. The van der Waals surface area contributed by atoms with Gasteiger partial charge in [-0.05, 0) is 72.1 Å². The summed E-state index contributed by atoms with van der Waals surface area (Å²) in [5, 5.41) is 1.91. The minimum absolute atomic E-state index is 0.127. The molecule has 0 bridgehead atoms. The first kappa shape index (κ1) is 57.6. The van der Waals surface area contributed by atoms with Crippen molar-refractivity contribution in [2.75, 3.05) is 19.8 Å². The van der Waals surface area contributed by atoms with E-state index in [0.29, 0.717) is 12.2 Å². The van der Waals surface area contributed by atoms with E-state index in [0.717, 1.165) is 36.1 Å². The predicted octanol–water partition coefficient (Wildman–Crippen LogP) is 11.2. The largest absolute Gasteiger partial charge is 0.459 e. The number of carbonyl (C=O) groups is 3. The van der Waals surface area contributed by atoms with Gasteiger partial charge in [-0.25, -0.2) is 14.4 Å². The highest BCUT2D eigenvalue weighted by atomic mass is 28.4. The molecule has 3 aliphatic rings. The number of hydrogen-bond acceptors (Lipinski definition) is 13. The maximum atomic E-state index is 14.2. The third-order valence-electron chi connectivity index (χ3n) is 14.5. The van der Waals surface area contributed by atoms with E-state index in [2.05, 4.69) is 76.2 Å². The molecule has 3 saturated heterocycles. The van der Waals surface area contributed by atoms with Crippen LogP contribution in [0.4, 0.5) is 0 Å². The lowest BCUT2D eigenvalue weighted by atomic mass is 9.99. The van der Waals surface area contributed by atoms with Crippen molar-refractivity contribution in [3.05, 3.63) is 168 Å². The van der Waals surface area contributed by atoms with Crippen LogP contribution in [-0.2, 0) is 47.1 Å². The summed E-state index contributed by atoms with van der Waals surface area (Å²) in [7, 11) is -3.08. The van der Waals surface area contributed by atoms with Gasteiger partial charge in [0.15, 0.2) is 30.6 Å². The Balaban J connectivity index is 1.12. The van der Waals surface area contributed by atoms with Crippen molar-refractivity contribution in [3.8, 4) is 0 Å². The summed E-state index contributed by atoms with van der Waals surface area (Å²) in [6.45, 7) is 12.7. The van der Waals surface area contributed by atoms with Gasteiger partial charge in [0, 0.05) is 6.61 Å². The van der Waals surface area contributed by atoms with E-state index in [-0.39, 0.29) is 29.4 Å². The summed E-state index contributed by atoms with van der Waals surface area (Å²) in [5.41, 5.74) is 0.805. The number of carbonyl (C=O) groups excluding carboxylic acids is 3. The molecule has 0 unspecified atom stereocenters. The van der Waals surface area contributed by atoms with E-state index in [1.807, 2.05) is 26.0 Å². The Bertz CT molecular complexity index is 2540. The quantitative estimate of drug-likeness (QED) is 0.0224. The molecule has 0 radical (unpaired) electrons. The molecule has 412 valence electrons. The van der Waals surface area contributed by atoms with Crippen molar-refractivity contribution >= 4 is 36.6 Å². The van der Waals surface area contributed by atoms with Crippen LogP contribution in [0, 0.1) is 0 Å². The average molecular weight is 1070 g/mol. The summed E-state index contributed by atoms with van der Waals surface area (Å²) in [6, 6.07) is 46.3. The van der Waals surface area contributed by atoms with Crippen LogP contribution < -0.4 is 10.4 Å². The van der Waals surface area contributed by atoms with Crippen LogP contribution in [0.2, 0.25) is 5.04 Å². The van der Waals surface area contributed by atoms with Crippen LogP contribution in [0.25, 0.3) is 0 Å². The van der Waals surface area contributed by atoms with Gasteiger partial charge in [0.05, 0.1) is 23.3 Å². The zero-order valence-corrected chi connectivity index (χ0v) is 46.6. The molecule has 0 aromatic heterocycles. The monoisotopic (exact) mass is 1070 g/mol. The first-order valence-electron chi connectivity index (χ1n) is 27.7. The second-order valence-electron chi connectivity index (χ2n) is 21.7. The molecule has 77 heavy (non-hydrogen) atoms. The van der Waals surface area contributed by atoms with Crippen molar-refractivity contribution in [2.24, 2.45) is 0 Å². The van der Waals surface area contributed by atoms with E-state index in [1.54, 1.807) is 91.0 Å². The molecule has 3 fully saturated rings. The fraction of sp³-hybridized carbons (Fsp3) is 0.476. The van der Waals surface area contributed by atoms with Crippen molar-refractivity contribution in [1.29, 1.82) is 0 Å². The smallest absolute Gasteiger partial charge is 0.338 e. The first-order chi connectivity index (χ1) is 37.3. The highest BCUT2D eigenvalue weighted by Gasteiger charge is 2.61. The van der Waals surface area contributed by atoms with Crippen LogP contribution in [0.3, 0.4) is 0 Å². The van der Waals surface area contributed by atoms with Crippen molar-refractivity contribution in [3.63, 3.8) is 0 Å². The van der Waals surface area contributed by atoms with Crippen LogP contribution in [0.5, 0.6) is 0 Å². The maximum absolute atomic E-state index is 14.2. The van der Waals surface area contributed by atoms with Crippen LogP contribution in [0.1, 0.15) is 137 Å². The third-order valence-corrected chi connectivity index (χ3v) is 19.5. The third kappa shape index (κ3) is 14.8. The molecule has 0 amide bonds. The zero-order chi connectivity index (χ0) is 54.3. The van der Waals surface area contributed by atoms with Gasteiger partial charge in [0.25, 0.3) is 8.32 Å². The lowest BCUT2D eigenvalue weighted by Gasteiger charge is -2.46. The van der Waals surface area contributed by atoms with Gasteiger partial charge in [0.2, 0.25) is 0 Å². The molecule has 5 aromatic carbocycles. The summed E-state index contributed by atoms with van der Waals surface area (Å²) >= 11 is 0. The van der Waals surface area contributed by atoms with E-state index in [1.165, 1.54) is 38.5 Å². The summed E-state index contributed by atoms with van der Waals surface area (Å²) in [6.07, 6.45) is 1.74. The topological polar surface area (TPSA) is 144 Å². The summed E-state index contributed by atoms with van der Waals surface area (Å²) in [4.78, 5) is 41.6. The Hall–Kier alpha value is -5.55. The van der Waals surface area contributed by atoms with Crippen LogP contribution in [-0.4, -0.2) is 107 Å². The molecule has 0 saturated carbocycles. The SMILES string of the molecule is CCCCCCCCCCCCO[C@@H]1O[C@H](CO[Si](c2ccccc2)(c2ccccc2)C(C)(C)C)[C@@H]2OC(C)(C)O[C@@H]2[C@H]1O[C@@H]1O[C@@H](COC(=O)c2ccccc2)[C@H](OC(=O)c2ccccc2)[C@H]1OC(=O)c1ccccc1. The number of unbranched alkanes of at least 4 members (excludes halogenated alkanes) is 9. The van der Waals surface area contributed by atoms with E-state index >= 15 is 0 Å². The van der Waals surface area contributed by atoms with E-state index in [9.17, 15) is 14.4 Å². The minimum atomic E-state index is -3.08. The van der Waals surface area contributed by atoms with Gasteiger partial charge in [-0.2, -0.15) is 0 Å². The Morgan fingerprint density at radius 1 is 0.506 bits per heavy atom. The molecule has 13 nitrogen and oxygen atoms in total. The first-order valence-corrected chi connectivity index (χ1v) is 29.6. The van der Waals surface area contributed by atoms with E-state index < -0.39 is 87.3 Å². The summed E-state index contributed by atoms with van der Waals surface area (Å²) in [5.74, 6) is -3.17. The molecule has 0 spiro atoms.